The molecule has 0 aliphatic rings. The first-order chi connectivity index (χ1) is 13.9. The smallest absolute Gasteiger partial charge is 0.345 e. The van der Waals surface area contributed by atoms with Crippen molar-refractivity contribution in [2.45, 2.75) is 13.8 Å². The Morgan fingerprint density at radius 3 is 2.79 bits per heavy atom. The molecular formula is C19H17N3O6S. The predicted molar refractivity (Wildman–Crippen MR) is 108 cm³/mol. The molecule has 3 rings (SSSR count). The molecule has 0 saturated heterocycles. The number of nitrogens with one attached hydrogen (secondary N) is 1. The topological polar surface area (TPSA) is 121 Å². The molecule has 0 bridgehead atoms. The first-order valence-electron chi connectivity index (χ1n) is 8.63. The fourth-order valence-electron chi connectivity index (χ4n) is 2.65. The lowest BCUT2D eigenvalue weighted by Gasteiger charge is -2.06. The van der Waals surface area contributed by atoms with E-state index in [1.54, 1.807) is 12.1 Å². The number of carbonyl (C=O) groups is 2. The summed E-state index contributed by atoms with van der Waals surface area (Å²) in [5.41, 5.74) is 0.483. The Morgan fingerprint density at radius 2 is 2.07 bits per heavy atom. The highest BCUT2D eigenvalue weighted by atomic mass is 32.1. The summed E-state index contributed by atoms with van der Waals surface area (Å²) in [6.45, 7) is 3.35. The molecule has 3 aromatic rings. The van der Waals surface area contributed by atoms with Crippen LogP contribution in [0.25, 0.3) is 10.2 Å². The molecule has 1 heterocycles. The summed E-state index contributed by atoms with van der Waals surface area (Å²) >= 11 is 1.25. The van der Waals surface area contributed by atoms with Crippen molar-refractivity contribution in [3.63, 3.8) is 0 Å². The number of amides is 1. The number of para-hydroxylation sites is 1. The minimum atomic E-state index is -0.943. The van der Waals surface area contributed by atoms with E-state index in [0.717, 1.165) is 4.70 Å². The monoisotopic (exact) mass is 415 g/mol. The van der Waals surface area contributed by atoms with Crippen LogP contribution in [0.3, 0.4) is 0 Å². The van der Waals surface area contributed by atoms with Crippen molar-refractivity contribution in [2.24, 2.45) is 0 Å². The maximum Gasteiger partial charge on any atom is 0.345 e. The third-order valence-corrected chi connectivity index (χ3v) is 4.83. The average molecular weight is 415 g/mol. The zero-order valence-corrected chi connectivity index (χ0v) is 16.4. The van der Waals surface area contributed by atoms with E-state index in [0.29, 0.717) is 28.6 Å². The minimum Gasteiger partial charge on any atom is -0.494 e. The summed E-state index contributed by atoms with van der Waals surface area (Å²) in [7, 11) is 0. The van der Waals surface area contributed by atoms with E-state index < -0.39 is 23.4 Å². The molecule has 0 unspecified atom stereocenters. The summed E-state index contributed by atoms with van der Waals surface area (Å²) in [6, 6.07) is 9.71. The van der Waals surface area contributed by atoms with Gasteiger partial charge in [-0.2, -0.15) is 0 Å². The fraction of sp³-hybridized carbons (Fsp3) is 0.211. The number of anilines is 1. The Morgan fingerprint density at radius 1 is 1.28 bits per heavy atom. The third-order valence-electron chi connectivity index (χ3n) is 3.89. The van der Waals surface area contributed by atoms with Gasteiger partial charge in [-0.3, -0.25) is 20.2 Å². The number of nitro groups is 1. The fourth-order valence-corrected chi connectivity index (χ4v) is 3.56. The van der Waals surface area contributed by atoms with Gasteiger partial charge in [-0.25, -0.2) is 9.78 Å². The van der Waals surface area contributed by atoms with E-state index >= 15 is 0 Å². The molecule has 2 aromatic carbocycles. The number of esters is 1. The molecule has 150 valence electrons. The predicted octanol–water partition coefficient (Wildman–Crippen LogP) is 3.71. The number of carbonyl (C=O) groups excluding carboxylic acids is 2. The molecule has 1 amide bonds. The van der Waals surface area contributed by atoms with Gasteiger partial charge in [0.2, 0.25) is 0 Å². The van der Waals surface area contributed by atoms with E-state index in [2.05, 4.69) is 10.3 Å². The van der Waals surface area contributed by atoms with Gasteiger partial charge in [0.1, 0.15) is 11.3 Å². The van der Waals surface area contributed by atoms with Crippen molar-refractivity contribution in [2.75, 3.05) is 18.5 Å². The largest absolute Gasteiger partial charge is 0.494 e. The van der Waals surface area contributed by atoms with Crippen LogP contribution in [0.15, 0.2) is 36.4 Å². The Labute approximate surface area is 169 Å². The van der Waals surface area contributed by atoms with Crippen molar-refractivity contribution >= 4 is 44.2 Å². The normalized spacial score (nSPS) is 10.6. The van der Waals surface area contributed by atoms with Crippen molar-refractivity contribution < 1.29 is 24.0 Å². The molecule has 0 spiro atoms. The van der Waals surface area contributed by atoms with Crippen LogP contribution in [0.5, 0.6) is 5.75 Å². The summed E-state index contributed by atoms with van der Waals surface area (Å²) in [5.74, 6) is -0.839. The molecule has 0 aliphatic heterocycles. The second-order valence-corrected chi connectivity index (χ2v) is 6.96. The molecule has 0 fully saturated rings. The van der Waals surface area contributed by atoms with Gasteiger partial charge in [-0.05, 0) is 38.1 Å². The van der Waals surface area contributed by atoms with Gasteiger partial charge < -0.3 is 9.47 Å². The number of nitrogens with zero attached hydrogens (tertiary/aromatic N) is 2. The molecule has 1 N–H and O–H groups in total. The van der Waals surface area contributed by atoms with E-state index in [1.807, 2.05) is 13.0 Å². The van der Waals surface area contributed by atoms with Gasteiger partial charge in [0.05, 0.1) is 21.7 Å². The lowest BCUT2D eigenvalue weighted by Crippen LogP contribution is -2.21. The van der Waals surface area contributed by atoms with Gasteiger partial charge in [-0.1, -0.05) is 23.5 Å². The number of hydrogen-bond donors (Lipinski definition) is 1. The highest BCUT2D eigenvalue weighted by Crippen LogP contribution is 2.29. The van der Waals surface area contributed by atoms with Crippen LogP contribution in [0, 0.1) is 17.0 Å². The van der Waals surface area contributed by atoms with Crippen LogP contribution in [0.4, 0.5) is 10.8 Å². The van der Waals surface area contributed by atoms with Crippen molar-refractivity contribution in [3.8, 4) is 5.75 Å². The molecule has 10 heteroatoms. The quantitative estimate of drug-likeness (QED) is 0.355. The highest BCUT2D eigenvalue weighted by molar-refractivity contribution is 7.22. The minimum absolute atomic E-state index is 0.203. The second kappa shape index (κ2) is 8.65. The van der Waals surface area contributed by atoms with Crippen LogP contribution in [-0.2, 0) is 9.53 Å². The van der Waals surface area contributed by atoms with Crippen molar-refractivity contribution in [3.05, 3.63) is 57.6 Å². The summed E-state index contributed by atoms with van der Waals surface area (Å²) < 4.78 is 11.2. The second-order valence-electron chi connectivity index (χ2n) is 5.93. The Kier molecular flexibility index (Phi) is 6.03. The number of rotatable bonds is 7. The van der Waals surface area contributed by atoms with Crippen LogP contribution < -0.4 is 10.1 Å². The Bertz CT molecular complexity index is 1090. The molecule has 0 aliphatic carbocycles. The molecular weight excluding hydrogens is 398 g/mol. The first kappa shape index (κ1) is 20.2. The number of ether oxygens (including phenoxy) is 2. The molecule has 29 heavy (non-hydrogen) atoms. The summed E-state index contributed by atoms with van der Waals surface area (Å²) in [5, 5.41) is 14.1. The van der Waals surface area contributed by atoms with Crippen LogP contribution in [0.1, 0.15) is 22.8 Å². The number of aromatic nitrogens is 1. The number of benzene rings is 2. The number of hydrogen-bond acceptors (Lipinski definition) is 8. The Hall–Kier alpha value is -3.53. The van der Waals surface area contributed by atoms with Crippen LogP contribution in [-0.4, -0.2) is 35.0 Å². The maximum absolute atomic E-state index is 12.2. The third kappa shape index (κ3) is 4.66. The van der Waals surface area contributed by atoms with Crippen LogP contribution >= 0.6 is 11.3 Å². The number of fused-ring (bicyclic) bond motifs is 1. The van der Waals surface area contributed by atoms with Gasteiger partial charge in [0.25, 0.3) is 11.6 Å². The number of aryl methyl sites for hydroxylation is 1. The van der Waals surface area contributed by atoms with Crippen molar-refractivity contribution in [1.82, 2.24) is 4.98 Å². The molecule has 0 atom stereocenters. The van der Waals surface area contributed by atoms with Gasteiger partial charge in [0, 0.05) is 5.56 Å². The van der Waals surface area contributed by atoms with Gasteiger partial charge in [0.15, 0.2) is 11.7 Å². The number of thiazole rings is 1. The van der Waals surface area contributed by atoms with Crippen molar-refractivity contribution in [1.29, 1.82) is 0 Å². The van der Waals surface area contributed by atoms with Gasteiger partial charge in [-0.15, -0.1) is 0 Å². The highest BCUT2D eigenvalue weighted by Gasteiger charge is 2.24. The standard InChI is InChI=1S/C19H17N3O6S/c1-3-27-12-7-8-14-15(9-12)29-19(20-14)21-16(23)10-28-18(24)13-6-4-5-11(2)17(13)22(25)26/h4-9H,3,10H2,1-2H3,(H,20,21,23). The summed E-state index contributed by atoms with van der Waals surface area (Å²) in [4.78, 5) is 39.1. The van der Waals surface area contributed by atoms with E-state index in [-0.39, 0.29) is 11.3 Å². The lowest BCUT2D eigenvalue weighted by molar-refractivity contribution is -0.385. The lowest BCUT2D eigenvalue weighted by atomic mass is 10.1. The molecule has 9 nitrogen and oxygen atoms in total. The first-order valence-corrected chi connectivity index (χ1v) is 9.45. The zero-order chi connectivity index (χ0) is 21.0. The Balaban J connectivity index is 1.64. The SMILES string of the molecule is CCOc1ccc2nc(NC(=O)COC(=O)c3cccc(C)c3[N+](=O)[O-])sc2c1. The zero-order valence-electron chi connectivity index (χ0n) is 15.6. The molecule has 0 radical (unpaired) electrons. The van der Waals surface area contributed by atoms with E-state index in [9.17, 15) is 19.7 Å². The van der Waals surface area contributed by atoms with Gasteiger partial charge >= 0.3 is 5.97 Å². The molecule has 1 aromatic heterocycles. The molecule has 0 saturated carbocycles. The van der Waals surface area contributed by atoms with E-state index in [4.69, 9.17) is 9.47 Å². The average Bonchev–Trinajstić information content (AvgIpc) is 3.07. The number of nitro benzene ring substituents is 1. The maximum atomic E-state index is 12.2. The van der Waals surface area contributed by atoms with E-state index in [1.165, 1.54) is 36.5 Å². The summed E-state index contributed by atoms with van der Waals surface area (Å²) in [6.07, 6.45) is 0. The van der Waals surface area contributed by atoms with Crippen LogP contribution in [0.2, 0.25) is 0 Å².